The molecule has 0 amide bonds. The van der Waals surface area contributed by atoms with Gasteiger partial charge in [-0.2, -0.15) is 0 Å². The lowest BCUT2D eigenvalue weighted by Gasteiger charge is -2.30. The number of unbranched alkanes of at least 4 members (excludes halogenated alkanes) is 4. The van der Waals surface area contributed by atoms with Crippen molar-refractivity contribution in [3.05, 3.63) is 12.2 Å². The van der Waals surface area contributed by atoms with Crippen LogP contribution in [0.2, 0.25) is 0 Å². The molecule has 0 radical (unpaired) electrons. The SMILES string of the molecule is CCCCCCC(CCCC)CC(C)CC(C)/C=C/C(C)(C)CC(C)(C)N. The third-order valence-corrected chi connectivity index (χ3v) is 5.73. The highest BCUT2D eigenvalue weighted by atomic mass is 14.7. The van der Waals surface area contributed by atoms with Crippen molar-refractivity contribution in [3.8, 4) is 0 Å². The Morgan fingerprint density at radius 2 is 1.41 bits per heavy atom. The molecule has 0 saturated carbocycles. The van der Waals surface area contributed by atoms with Crippen LogP contribution in [0, 0.1) is 23.2 Å². The molecule has 0 bridgehead atoms. The van der Waals surface area contributed by atoms with Crippen molar-refractivity contribution >= 4 is 0 Å². The van der Waals surface area contributed by atoms with E-state index in [4.69, 9.17) is 5.73 Å². The lowest BCUT2D eigenvalue weighted by molar-refractivity contribution is 0.305. The molecule has 0 aliphatic heterocycles. The zero-order valence-corrected chi connectivity index (χ0v) is 20.2. The van der Waals surface area contributed by atoms with Crippen LogP contribution in [-0.4, -0.2) is 5.54 Å². The van der Waals surface area contributed by atoms with Crippen molar-refractivity contribution in [1.82, 2.24) is 0 Å². The molecule has 2 N–H and O–H groups in total. The summed E-state index contributed by atoms with van der Waals surface area (Å²) in [6.07, 6.45) is 19.9. The van der Waals surface area contributed by atoms with Gasteiger partial charge in [-0.15, -0.1) is 0 Å². The van der Waals surface area contributed by atoms with E-state index in [0.29, 0.717) is 5.92 Å². The van der Waals surface area contributed by atoms with Gasteiger partial charge >= 0.3 is 0 Å². The monoisotopic (exact) mass is 379 g/mol. The molecular formula is C26H53N. The fourth-order valence-electron chi connectivity index (χ4n) is 4.77. The van der Waals surface area contributed by atoms with Crippen LogP contribution in [0.15, 0.2) is 12.2 Å². The van der Waals surface area contributed by atoms with E-state index in [2.05, 4.69) is 67.5 Å². The molecular weight excluding hydrogens is 326 g/mol. The quantitative estimate of drug-likeness (QED) is 0.211. The van der Waals surface area contributed by atoms with Crippen molar-refractivity contribution in [1.29, 1.82) is 0 Å². The average Bonchev–Trinajstić information content (AvgIpc) is 2.52. The second-order valence-electron chi connectivity index (χ2n) is 10.9. The maximum Gasteiger partial charge on any atom is 0.0105 e. The van der Waals surface area contributed by atoms with Gasteiger partial charge in [0.25, 0.3) is 0 Å². The molecule has 0 aromatic carbocycles. The molecule has 3 unspecified atom stereocenters. The molecule has 0 rings (SSSR count). The van der Waals surface area contributed by atoms with Crippen LogP contribution in [0.1, 0.15) is 126 Å². The lowest BCUT2D eigenvalue weighted by atomic mass is 9.79. The highest BCUT2D eigenvalue weighted by Crippen LogP contribution is 2.31. The number of allylic oxidation sites excluding steroid dienone is 2. The maximum absolute atomic E-state index is 6.23. The van der Waals surface area contributed by atoms with Crippen molar-refractivity contribution in [2.75, 3.05) is 0 Å². The largest absolute Gasteiger partial charge is 0.326 e. The minimum absolute atomic E-state index is 0.103. The Labute approximate surface area is 173 Å². The van der Waals surface area contributed by atoms with Gasteiger partial charge in [0.15, 0.2) is 0 Å². The first-order valence-electron chi connectivity index (χ1n) is 12.0. The first kappa shape index (κ1) is 26.7. The predicted molar refractivity (Wildman–Crippen MR) is 125 cm³/mol. The summed E-state index contributed by atoms with van der Waals surface area (Å²) in [7, 11) is 0. The van der Waals surface area contributed by atoms with Gasteiger partial charge in [-0.3, -0.25) is 0 Å². The van der Waals surface area contributed by atoms with Gasteiger partial charge in [0, 0.05) is 5.54 Å². The molecule has 0 aliphatic carbocycles. The fraction of sp³-hybridized carbons (Fsp3) is 0.923. The van der Waals surface area contributed by atoms with E-state index >= 15 is 0 Å². The summed E-state index contributed by atoms with van der Waals surface area (Å²) in [5.41, 5.74) is 6.31. The van der Waals surface area contributed by atoms with E-state index in [1.165, 1.54) is 64.2 Å². The molecule has 1 heteroatoms. The minimum atomic E-state index is -0.103. The molecule has 162 valence electrons. The second kappa shape index (κ2) is 13.8. The van der Waals surface area contributed by atoms with Crippen LogP contribution in [0.3, 0.4) is 0 Å². The van der Waals surface area contributed by atoms with Crippen molar-refractivity contribution in [2.45, 2.75) is 132 Å². The van der Waals surface area contributed by atoms with Gasteiger partial charge in [-0.05, 0) is 56.3 Å². The highest BCUT2D eigenvalue weighted by molar-refractivity contribution is 5.00. The molecule has 0 spiro atoms. The van der Waals surface area contributed by atoms with E-state index in [0.717, 1.165) is 18.3 Å². The first-order chi connectivity index (χ1) is 12.5. The third kappa shape index (κ3) is 16.4. The summed E-state index contributed by atoms with van der Waals surface area (Å²) in [6, 6.07) is 0. The Morgan fingerprint density at radius 3 is 1.96 bits per heavy atom. The smallest absolute Gasteiger partial charge is 0.0105 e. The van der Waals surface area contributed by atoms with Crippen molar-refractivity contribution in [2.24, 2.45) is 28.9 Å². The fourth-order valence-corrected chi connectivity index (χ4v) is 4.77. The van der Waals surface area contributed by atoms with E-state index < -0.39 is 0 Å². The summed E-state index contributed by atoms with van der Waals surface area (Å²) in [5, 5.41) is 0. The van der Waals surface area contributed by atoms with Gasteiger partial charge in [-0.1, -0.05) is 105 Å². The number of nitrogens with two attached hydrogens (primary N) is 1. The van der Waals surface area contributed by atoms with Gasteiger partial charge in [0.2, 0.25) is 0 Å². The molecule has 27 heavy (non-hydrogen) atoms. The zero-order chi connectivity index (χ0) is 20.9. The second-order valence-corrected chi connectivity index (χ2v) is 10.9. The molecule has 0 aliphatic rings. The van der Waals surface area contributed by atoms with E-state index in [1.54, 1.807) is 0 Å². The molecule has 0 aromatic rings. The molecule has 3 atom stereocenters. The van der Waals surface area contributed by atoms with Crippen molar-refractivity contribution in [3.63, 3.8) is 0 Å². The Bertz CT molecular complexity index is 374. The summed E-state index contributed by atoms with van der Waals surface area (Å²) in [5.74, 6) is 2.43. The Balaban J connectivity index is 4.46. The Morgan fingerprint density at radius 1 is 0.815 bits per heavy atom. The topological polar surface area (TPSA) is 26.0 Å². The molecule has 0 fully saturated rings. The number of hydrogen-bond acceptors (Lipinski definition) is 1. The molecule has 0 saturated heterocycles. The van der Waals surface area contributed by atoms with Gasteiger partial charge in [-0.25, -0.2) is 0 Å². The standard InChI is InChI=1S/C26H53N/c1-9-11-13-14-16-24(15-12-10-2)20-23(4)19-22(3)17-18-25(5,6)21-26(7,8)27/h17-18,22-24H,9-16,19-21,27H2,1-8H3/b18-17+. The van der Waals surface area contributed by atoms with Crippen LogP contribution in [0.25, 0.3) is 0 Å². The Hall–Kier alpha value is -0.300. The minimum Gasteiger partial charge on any atom is -0.326 e. The van der Waals surface area contributed by atoms with Crippen LogP contribution in [0.5, 0.6) is 0 Å². The van der Waals surface area contributed by atoms with E-state index in [-0.39, 0.29) is 11.0 Å². The predicted octanol–water partition coefficient (Wildman–Crippen LogP) is 8.53. The molecule has 1 nitrogen and oxygen atoms in total. The van der Waals surface area contributed by atoms with Gasteiger partial charge in [0.1, 0.15) is 0 Å². The maximum atomic E-state index is 6.23. The van der Waals surface area contributed by atoms with Crippen LogP contribution in [0.4, 0.5) is 0 Å². The average molecular weight is 380 g/mol. The first-order valence-corrected chi connectivity index (χ1v) is 12.0. The Kier molecular flexibility index (Phi) is 13.7. The van der Waals surface area contributed by atoms with Crippen LogP contribution in [-0.2, 0) is 0 Å². The van der Waals surface area contributed by atoms with Crippen LogP contribution >= 0.6 is 0 Å². The van der Waals surface area contributed by atoms with E-state index in [1.807, 2.05) is 0 Å². The van der Waals surface area contributed by atoms with Crippen LogP contribution < -0.4 is 5.73 Å². The lowest BCUT2D eigenvalue weighted by Crippen LogP contribution is -2.36. The number of rotatable bonds is 16. The summed E-state index contributed by atoms with van der Waals surface area (Å²) in [6.45, 7) is 18.4. The van der Waals surface area contributed by atoms with E-state index in [9.17, 15) is 0 Å². The third-order valence-electron chi connectivity index (χ3n) is 5.73. The summed E-state index contributed by atoms with van der Waals surface area (Å²) < 4.78 is 0. The normalized spacial score (nSPS) is 16.6. The molecule has 0 aromatic heterocycles. The van der Waals surface area contributed by atoms with Gasteiger partial charge < -0.3 is 5.73 Å². The molecule has 0 heterocycles. The summed E-state index contributed by atoms with van der Waals surface area (Å²) in [4.78, 5) is 0. The van der Waals surface area contributed by atoms with Gasteiger partial charge in [0.05, 0.1) is 0 Å². The number of hydrogen-bond donors (Lipinski definition) is 1. The van der Waals surface area contributed by atoms with Crippen molar-refractivity contribution < 1.29 is 0 Å². The zero-order valence-electron chi connectivity index (χ0n) is 20.2. The summed E-state index contributed by atoms with van der Waals surface area (Å²) >= 11 is 0. The highest BCUT2D eigenvalue weighted by Gasteiger charge is 2.23.